The summed E-state index contributed by atoms with van der Waals surface area (Å²) in [6.45, 7) is 1.02. The third-order valence-electron chi connectivity index (χ3n) is 4.65. The maximum absolute atomic E-state index is 12.7. The average molecular weight is 407 g/mol. The van der Waals surface area contributed by atoms with Gasteiger partial charge < -0.3 is 15.0 Å². The summed E-state index contributed by atoms with van der Waals surface area (Å²) in [5.41, 5.74) is 1.13. The van der Waals surface area contributed by atoms with E-state index in [0.717, 1.165) is 0 Å². The molecule has 0 bridgehead atoms. The van der Waals surface area contributed by atoms with Crippen molar-refractivity contribution in [2.45, 2.75) is 12.8 Å². The molecular formula is C20H20Cl2N2O3. The summed E-state index contributed by atoms with van der Waals surface area (Å²) >= 11 is 12.0. The van der Waals surface area contributed by atoms with Crippen molar-refractivity contribution < 1.29 is 14.3 Å². The van der Waals surface area contributed by atoms with Crippen LogP contribution in [0, 0.1) is 5.92 Å². The fraction of sp³-hybridized carbons (Fsp3) is 0.300. The maximum atomic E-state index is 12.7. The van der Waals surface area contributed by atoms with Crippen molar-refractivity contribution in [3.05, 3.63) is 58.1 Å². The van der Waals surface area contributed by atoms with Gasteiger partial charge in [-0.1, -0.05) is 29.3 Å². The van der Waals surface area contributed by atoms with Crippen molar-refractivity contribution >= 4 is 40.7 Å². The zero-order valence-corrected chi connectivity index (χ0v) is 16.4. The number of rotatable bonds is 4. The Hall–Kier alpha value is -2.24. The molecule has 0 spiro atoms. The molecule has 142 valence electrons. The van der Waals surface area contributed by atoms with Crippen molar-refractivity contribution in [3.8, 4) is 5.75 Å². The van der Waals surface area contributed by atoms with Crippen molar-refractivity contribution in [3.63, 3.8) is 0 Å². The minimum atomic E-state index is -0.138. The Morgan fingerprint density at radius 1 is 1.11 bits per heavy atom. The summed E-state index contributed by atoms with van der Waals surface area (Å²) in [6, 6.07) is 12.1. The first-order chi connectivity index (χ1) is 13.0. The summed E-state index contributed by atoms with van der Waals surface area (Å²) in [7, 11) is 1.58. The van der Waals surface area contributed by atoms with Gasteiger partial charge in [0.1, 0.15) is 5.75 Å². The van der Waals surface area contributed by atoms with Crippen LogP contribution in [0.15, 0.2) is 42.5 Å². The summed E-state index contributed by atoms with van der Waals surface area (Å²) in [4.78, 5) is 26.9. The van der Waals surface area contributed by atoms with Gasteiger partial charge in [0, 0.05) is 35.8 Å². The Balaban J connectivity index is 1.57. The van der Waals surface area contributed by atoms with Gasteiger partial charge in [0.15, 0.2) is 0 Å². The molecule has 2 aromatic rings. The second kappa shape index (κ2) is 8.63. The highest BCUT2D eigenvalue weighted by atomic mass is 35.5. The number of amides is 2. The van der Waals surface area contributed by atoms with Gasteiger partial charge in [0.2, 0.25) is 5.91 Å². The number of carbonyl (C=O) groups excluding carboxylic acids is 2. The van der Waals surface area contributed by atoms with Crippen LogP contribution >= 0.6 is 23.2 Å². The smallest absolute Gasteiger partial charge is 0.255 e. The fourth-order valence-electron chi connectivity index (χ4n) is 3.12. The lowest BCUT2D eigenvalue weighted by atomic mass is 9.95. The van der Waals surface area contributed by atoms with Crippen LogP contribution < -0.4 is 10.1 Å². The van der Waals surface area contributed by atoms with E-state index in [2.05, 4.69) is 5.32 Å². The number of hydrogen-bond donors (Lipinski definition) is 1. The number of nitrogens with zero attached hydrogens (tertiary/aromatic N) is 1. The van der Waals surface area contributed by atoms with E-state index in [1.165, 1.54) is 0 Å². The molecule has 1 saturated heterocycles. The van der Waals surface area contributed by atoms with Crippen LogP contribution in [0.1, 0.15) is 23.2 Å². The minimum absolute atomic E-state index is 0.0418. The van der Waals surface area contributed by atoms with Gasteiger partial charge in [-0.05, 0) is 43.2 Å². The first-order valence-corrected chi connectivity index (χ1v) is 9.43. The molecule has 0 atom stereocenters. The predicted octanol–water partition coefficient (Wildman–Crippen LogP) is 4.49. The van der Waals surface area contributed by atoms with Crippen LogP contribution in [0.3, 0.4) is 0 Å². The van der Waals surface area contributed by atoms with Crippen molar-refractivity contribution in [1.82, 2.24) is 4.90 Å². The zero-order chi connectivity index (χ0) is 19.4. The molecule has 0 aliphatic carbocycles. The van der Waals surface area contributed by atoms with Crippen LogP contribution in [0.25, 0.3) is 0 Å². The number of benzene rings is 2. The SMILES string of the molecule is COc1cccc(NC(=O)C2CCN(C(=O)c3ccc(Cl)cc3Cl)CC2)c1. The molecule has 7 heteroatoms. The van der Waals surface area contributed by atoms with E-state index in [-0.39, 0.29) is 17.7 Å². The van der Waals surface area contributed by atoms with Gasteiger partial charge in [-0.25, -0.2) is 0 Å². The van der Waals surface area contributed by atoms with E-state index in [1.807, 2.05) is 18.2 Å². The molecule has 2 amide bonds. The largest absolute Gasteiger partial charge is 0.497 e. The lowest BCUT2D eigenvalue weighted by molar-refractivity contribution is -0.121. The highest BCUT2D eigenvalue weighted by Gasteiger charge is 2.28. The van der Waals surface area contributed by atoms with Gasteiger partial charge in [0.25, 0.3) is 5.91 Å². The quantitative estimate of drug-likeness (QED) is 0.813. The summed E-state index contributed by atoms with van der Waals surface area (Å²) in [5, 5.41) is 3.75. The average Bonchev–Trinajstić information content (AvgIpc) is 2.68. The number of piperidine rings is 1. The monoisotopic (exact) mass is 406 g/mol. The Morgan fingerprint density at radius 3 is 2.52 bits per heavy atom. The van der Waals surface area contributed by atoms with Crippen LogP contribution in [0.4, 0.5) is 5.69 Å². The second-order valence-electron chi connectivity index (χ2n) is 6.41. The predicted molar refractivity (Wildman–Crippen MR) is 107 cm³/mol. The van der Waals surface area contributed by atoms with Gasteiger partial charge in [-0.15, -0.1) is 0 Å². The van der Waals surface area contributed by atoms with Gasteiger partial charge in [-0.2, -0.15) is 0 Å². The second-order valence-corrected chi connectivity index (χ2v) is 7.26. The lowest BCUT2D eigenvalue weighted by Crippen LogP contribution is -2.41. The summed E-state index contributed by atoms with van der Waals surface area (Å²) in [6.07, 6.45) is 1.21. The maximum Gasteiger partial charge on any atom is 0.255 e. The number of ether oxygens (including phenoxy) is 1. The molecule has 0 unspecified atom stereocenters. The molecular weight excluding hydrogens is 387 g/mol. The van der Waals surface area contributed by atoms with Gasteiger partial charge in [0.05, 0.1) is 17.7 Å². The Bertz CT molecular complexity index is 849. The molecule has 1 fully saturated rings. The van der Waals surface area contributed by atoms with E-state index in [1.54, 1.807) is 36.3 Å². The standard InChI is InChI=1S/C20H20Cl2N2O3/c1-27-16-4-2-3-15(12-16)23-19(25)13-7-9-24(10-8-13)20(26)17-6-5-14(21)11-18(17)22/h2-6,11-13H,7-10H2,1H3,(H,23,25). The first-order valence-electron chi connectivity index (χ1n) is 8.67. The molecule has 0 saturated carbocycles. The third kappa shape index (κ3) is 4.73. The number of likely N-dealkylation sites (tertiary alicyclic amines) is 1. The number of halogens is 2. The highest BCUT2D eigenvalue weighted by molar-refractivity contribution is 6.36. The highest BCUT2D eigenvalue weighted by Crippen LogP contribution is 2.26. The topological polar surface area (TPSA) is 58.6 Å². The molecule has 0 radical (unpaired) electrons. The van der Waals surface area contributed by atoms with Crippen molar-refractivity contribution in [1.29, 1.82) is 0 Å². The zero-order valence-electron chi connectivity index (χ0n) is 14.9. The third-order valence-corrected chi connectivity index (χ3v) is 5.20. The van der Waals surface area contributed by atoms with Crippen LogP contribution in [0.2, 0.25) is 10.0 Å². The van der Waals surface area contributed by atoms with Crippen molar-refractivity contribution in [2.75, 3.05) is 25.5 Å². The van der Waals surface area contributed by atoms with E-state index in [9.17, 15) is 9.59 Å². The van der Waals surface area contributed by atoms with Crippen LogP contribution in [-0.2, 0) is 4.79 Å². The Morgan fingerprint density at radius 2 is 1.85 bits per heavy atom. The lowest BCUT2D eigenvalue weighted by Gasteiger charge is -2.31. The number of hydrogen-bond acceptors (Lipinski definition) is 3. The molecule has 1 N–H and O–H groups in total. The summed E-state index contributed by atoms with van der Waals surface area (Å²) < 4.78 is 5.17. The first kappa shape index (κ1) is 19.5. The number of methoxy groups -OCH3 is 1. The molecule has 3 rings (SSSR count). The number of nitrogens with one attached hydrogen (secondary N) is 1. The van der Waals surface area contributed by atoms with Crippen molar-refractivity contribution in [2.24, 2.45) is 5.92 Å². The molecule has 0 aromatic heterocycles. The Labute approximate surface area is 168 Å². The van der Waals surface area contributed by atoms with E-state index in [0.29, 0.717) is 53.0 Å². The molecule has 1 aliphatic rings. The van der Waals surface area contributed by atoms with Gasteiger partial charge >= 0.3 is 0 Å². The van der Waals surface area contributed by atoms with Crippen LogP contribution in [-0.4, -0.2) is 36.9 Å². The number of anilines is 1. The van der Waals surface area contributed by atoms with E-state index in [4.69, 9.17) is 27.9 Å². The number of carbonyl (C=O) groups is 2. The molecule has 5 nitrogen and oxygen atoms in total. The fourth-order valence-corrected chi connectivity index (χ4v) is 3.61. The van der Waals surface area contributed by atoms with Crippen LogP contribution in [0.5, 0.6) is 5.75 Å². The molecule has 1 aliphatic heterocycles. The Kier molecular flexibility index (Phi) is 6.24. The summed E-state index contributed by atoms with van der Waals surface area (Å²) in [5.74, 6) is 0.372. The normalized spacial score (nSPS) is 14.7. The minimum Gasteiger partial charge on any atom is -0.497 e. The molecule has 2 aromatic carbocycles. The van der Waals surface area contributed by atoms with E-state index < -0.39 is 0 Å². The van der Waals surface area contributed by atoms with E-state index >= 15 is 0 Å². The molecule has 1 heterocycles. The van der Waals surface area contributed by atoms with Gasteiger partial charge in [-0.3, -0.25) is 9.59 Å². The molecule has 27 heavy (non-hydrogen) atoms.